The molecule has 4 fully saturated rings. The molecule has 0 N–H and O–H groups in total. The second kappa shape index (κ2) is 4.80. The molecule has 0 radical (unpaired) electrons. The maximum absolute atomic E-state index is 14.2. The van der Waals surface area contributed by atoms with Crippen molar-refractivity contribution < 1.29 is 9.18 Å². The number of hydrogen-bond donors (Lipinski definition) is 0. The summed E-state index contributed by atoms with van der Waals surface area (Å²) in [5.41, 5.74) is 0.125. The Morgan fingerprint density at radius 2 is 1.77 bits per heavy atom. The number of halogens is 1. The van der Waals surface area contributed by atoms with Gasteiger partial charge in [-0.05, 0) is 80.0 Å². The van der Waals surface area contributed by atoms with Crippen molar-refractivity contribution in [2.24, 2.45) is 40.4 Å². The quantitative estimate of drug-likeness (QED) is 0.602. The van der Waals surface area contributed by atoms with Gasteiger partial charge in [0.05, 0.1) is 0 Å². The Morgan fingerprint density at radius 3 is 2.55 bits per heavy atom. The molecular formula is C20H31FO. The van der Waals surface area contributed by atoms with Gasteiger partial charge in [0.2, 0.25) is 0 Å². The monoisotopic (exact) mass is 306 g/mol. The van der Waals surface area contributed by atoms with Crippen molar-refractivity contribution in [1.29, 1.82) is 0 Å². The van der Waals surface area contributed by atoms with E-state index >= 15 is 0 Å². The second-order valence-electron chi connectivity index (χ2n) is 9.56. The number of fused-ring (bicyclic) bond motifs is 5. The molecular weight excluding hydrogens is 275 g/mol. The van der Waals surface area contributed by atoms with Crippen LogP contribution in [-0.4, -0.2) is 12.0 Å². The van der Waals surface area contributed by atoms with Crippen LogP contribution in [0.4, 0.5) is 4.39 Å². The maximum atomic E-state index is 14.2. The molecule has 2 heteroatoms. The number of carbonyl (C=O) groups is 1. The maximum Gasteiger partial charge on any atom is 0.173 e. The first kappa shape index (κ1) is 15.1. The minimum absolute atomic E-state index is 0.0690. The van der Waals surface area contributed by atoms with Gasteiger partial charge in [0.25, 0.3) is 0 Å². The van der Waals surface area contributed by atoms with Crippen molar-refractivity contribution in [2.45, 2.75) is 78.3 Å². The van der Waals surface area contributed by atoms with Crippen molar-refractivity contribution in [1.82, 2.24) is 0 Å². The highest BCUT2D eigenvalue weighted by Gasteiger charge is 2.62. The van der Waals surface area contributed by atoms with Gasteiger partial charge in [0, 0.05) is 5.41 Å². The van der Waals surface area contributed by atoms with Crippen LogP contribution in [0.25, 0.3) is 0 Å². The fourth-order valence-corrected chi connectivity index (χ4v) is 7.22. The predicted octanol–water partition coefficient (Wildman–Crippen LogP) is 5.18. The number of ketones is 1. The van der Waals surface area contributed by atoms with Crippen LogP contribution in [0.1, 0.15) is 72.1 Å². The zero-order valence-corrected chi connectivity index (χ0v) is 14.4. The van der Waals surface area contributed by atoms with Gasteiger partial charge >= 0.3 is 0 Å². The van der Waals surface area contributed by atoms with Gasteiger partial charge < -0.3 is 0 Å². The standard InChI is InChI=1S/C20H31FO/c1-12-6-8-19(2)13(10-12)4-5-14-15(19)7-9-20(3)16(14)11-17(21)18(20)22/h12-17H,4-11H2,1-3H3/t12?,13?,14-,15-,16+,17?,19+,20+/m1/s1. The van der Waals surface area contributed by atoms with E-state index in [4.69, 9.17) is 0 Å². The number of carbonyl (C=O) groups excluding carboxylic acids is 1. The Morgan fingerprint density at radius 1 is 1.00 bits per heavy atom. The summed E-state index contributed by atoms with van der Waals surface area (Å²) in [5.74, 6) is 3.37. The average molecular weight is 306 g/mol. The highest BCUT2D eigenvalue weighted by Crippen LogP contribution is 2.66. The first-order valence-corrected chi connectivity index (χ1v) is 9.54. The molecule has 3 unspecified atom stereocenters. The van der Waals surface area contributed by atoms with E-state index in [1.165, 1.54) is 32.1 Å². The molecule has 124 valence electrons. The lowest BCUT2D eigenvalue weighted by Gasteiger charge is -2.60. The summed E-state index contributed by atoms with van der Waals surface area (Å²) in [6.07, 6.45) is 8.13. The summed E-state index contributed by atoms with van der Waals surface area (Å²) >= 11 is 0. The van der Waals surface area contributed by atoms with Crippen LogP contribution in [0.5, 0.6) is 0 Å². The molecule has 4 rings (SSSR count). The topological polar surface area (TPSA) is 17.1 Å². The van der Waals surface area contributed by atoms with Gasteiger partial charge in [-0.15, -0.1) is 0 Å². The van der Waals surface area contributed by atoms with Crippen LogP contribution in [-0.2, 0) is 4.79 Å². The fraction of sp³-hybridized carbons (Fsp3) is 0.950. The fourth-order valence-electron chi connectivity index (χ4n) is 7.22. The van der Waals surface area contributed by atoms with E-state index in [1.54, 1.807) is 0 Å². The first-order chi connectivity index (χ1) is 10.4. The lowest BCUT2D eigenvalue weighted by molar-refractivity contribution is -0.141. The molecule has 1 nitrogen and oxygen atoms in total. The third kappa shape index (κ3) is 1.85. The molecule has 0 aromatic rings. The second-order valence-corrected chi connectivity index (χ2v) is 9.56. The Hall–Kier alpha value is -0.400. The zero-order chi connectivity index (χ0) is 15.7. The molecule has 4 aliphatic carbocycles. The first-order valence-electron chi connectivity index (χ1n) is 9.54. The molecule has 0 saturated heterocycles. The number of hydrogen-bond acceptors (Lipinski definition) is 1. The summed E-state index contributed by atoms with van der Waals surface area (Å²) in [6, 6.07) is 0. The van der Waals surface area contributed by atoms with E-state index in [0.29, 0.717) is 23.7 Å². The minimum Gasteiger partial charge on any atom is -0.296 e. The highest BCUT2D eigenvalue weighted by molar-refractivity contribution is 5.91. The van der Waals surface area contributed by atoms with E-state index in [2.05, 4.69) is 20.8 Å². The normalized spacial score (nSPS) is 57.9. The summed E-state index contributed by atoms with van der Waals surface area (Å²) in [7, 11) is 0. The SMILES string of the molecule is CC1CC[C@@]2(C)C(CC[C@@H]3[C@H]2CC[C@]2(C)C(=O)C(F)C[C@@H]32)C1. The van der Waals surface area contributed by atoms with E-state index in [-0.39, 0.29) is 11.2 Å². The summed E-state index contributed by atoms with van der Waals surface area (Å²) in [5, 5.41) is 0. The summed E-state index contributed by atoms with van der Waals surface area (Å²) in [6.45, 7) is 7.02. The Labute approximate surface area is 134 Å². The van der Waals surface area contributed by atoms with E-state index < -0.39 is 6.17 Å². The lowest BCUT2D eigenvalue weighted by atomic mass is 9.45. The molecule has 0 amide bonds. The predicted molar refractivity (Wildman–Crippen MR) is 86.2 cm³/mol. The van der Waals surface area contributed by atoms with Crippen LogP contribution in [0.2, 0.25) is 0 Å². The Bertz CT molecular complexity index is 488. The van der Waals surface area contributed by atoms with Crippen molar-refractivity contribution in [3.63, 3.8) is 0 Å². The van der Waals surface area contributed by atoms with Crippen LogP contribution >= 0.6 is 0 Å². The molecule has 0 heterocycles. The lowest BCUT2D eigenvalue weighted by Crippen LogP contribution is -2.53. The van der Waals surface area contributed by atoms with Crippen LogP contribution in [0, 0.1) is 40.4 Å². The number of Topliss-reactive ketones (excluding diaryl/α,β-unsaturated/α-hetero) is 1. The van der Waals surface area contributed by atoms with Gasteiger partial charge in [-0.2, -0.15) is 0 Å². The van der Waals surface area contributed by atoms with Gasteiger partial charge in [0.1, 0.15) is 0 Å². The summed E-state index contributed by atoms with van der Waals surface area (Å²) < 4.78 is 14.2. The van der Waals surface area contributed by atoms with E-state index in [1.807, 2.05) is 0 Å². The third-order valence-electron chi connectivity index (χ3n) is 8.63. The van der Waals surface area contributed by atoms with Crippen LogP contribution < -0.4 is 0 Å². The Balaban J connectivity index is 1.64. The zero-order valence-electron chi connectivity index (χ0n) is 14.4. The molecule has 0 aromatic heterocycles. The van der Waals surface area contributed by atoms with Crippen LogP contribution in [0.15, 0.2) is 0 Å². The summed E-state index contributed by atoms with van der Waals surface area (Å²) in [4.78, 5) is 12.4. The molecule has 0 aromatic carbocycles. The number of rotatable bonds is 0. The highest BCUT2D eigenvalue weighted by atomic mass is 19.1. The van der Waals surface area contributed by atoms with Crippen molar-refractivity contribution >= 4 is 5.78 Å². The minimum atomic E-state index is -1.18. The van der Waals surface area contributed by atoms with Crippen molar-refractivity contribution in [3.05, 3.63) is 0 Å². The van der Waals surface area contributed by atoms with E-state index in [9.17, 15) is 9.18 Å². The van der Waals surface area contributed by atoms with Crippen molar-refractivity contribution in [3.8, 4) is 0 Å². The molecule has 8 atom stereocenters. The largest absolute Gasteiger partial charge is 0.296 e. The number of alkyl halides is 1. The van der Waals surface area contributed by atoms with Gasteiger partial charge in [-0.25, -0.2) is 4.39 Å². The van der Waals surface area contributed by atoms with Gasteiger partial charge in [0.15, 0.2) is 12.0 Å². The van der Waals surface area contributed by atoms with Crippen molar-refractivity contribution in [2.75, 3.05) is 0 Å². The Kier molecular flexibility index (Phi) is 3.31. The molecule has 22 heavy (non-hydrogen) atoms. The molecule has 4 saturated carbocycles. The van der Waals surface area contributed by atoms with Gasteiger partial charge in [-0.3, -0.25) is 4.79 Å². The molecule has 0 aliphatic heterocycles. The molecule has 4 aliphatic rings. The average Bonchev–Trinajstić information content (AvgIpc) is 2.72. The van der Waals surface area contributed by atoms with Gasteiger partial charge in [-0.1, -0.05) is 27.2 Å². The smallest absolute Gasteiger partial charge is 0.173 e. The van der Waals surface area contributed by atoms with Crippen LogP contribution in [0.3, 0.4) is 0 Å². The molecule has 0 spiro atoms. The third-order valence-corrected chi connectivity index (χ3v) is 8.63. The molecule has 0 bridgehead atoms. The van der Waals surface area contributed by atoms with E-state index in [0.717, 1.165) is 30.6 Å².